The maximum atomic E-state index is 11.5. The summed E-state index contributed by atoms with van der Waals surface area (Å²) in [6, 6.07) is 0.347. The summed E-state index contributed by atoms with van der Waals surface area (Å²) >= 11 is 0. The maximum Gasteiger partial charge on any atom is 0.219 e. The van der Waals surface area contributed by atoms with E-state index in [0.717, 1.165) is 24.3 Å². The third-order valence-electron chi connectivity index (χ3n) is 4.35. The number of carbonyl (C=O) groups is 1. The van der Waals surface area contributed by atoms with Crippen molar-refractivity contribution >= 4 is 5.91 Å². The highest BCUT2D eigenvalue weighted by Gasteiger charge is 2.43. The van der Waals surface area contributed by atoms with Crippen molar-refractivity contribution in [3.63, 3.8) is 0 Å². The summed E-state index contributed by atoms with van der Waals surface area (Å²) in [6.45, 7) is 6.91. The molecule has 0 N–H and O–H groups in total. The van der Waals surface area contributed by atoms with Crippen molar-refractivity contribution < 1.29 is 4.79 Å². The molecule has 1 saturated carbocycles. The molecule has 2 unspecified atom stereocenters. The lowest BCUT2D eigenvalue weighted by Gasteiger charge is -2.26. The number of nitrogens with zero attached hydrogens (tertiary/aromatic N) is 1. The Labute approximate surface area is 105 Å². The van der Waals surface area contributed by atoms with Gasteiger partial charge in [0.05, 0.1) is 0 Å². The predicted octanol–water partition coefficient (Wildman–Crippen LogP) is 3.24. The summed E-state index contributed by atoms with van der Waals surface area (Å²) in [5, 5.41) is 0. The van der Waals surface area contributed by atoms with E-state index in [2.05, 4.69) is 26.0 Å². The summed E-state index contributed by atoms with van der Waals surface area (Å²) in [7, 11) is 0. The van der Waals surface area contributed by atoms with Gasteiger partial charge in [-0.05, 0) is 57.3 Å². The highest BCUT2D eigenvalue weighted by atomic mass is 16.2. The van der Waals surface area contributed by atoms with E-state index in [4.69, 9.17) is 0 Å². The molecule has 2 aliphatic rings. The van der Waals surface area contributed by atoms with Gasteiger partial charge < -0.3 is 4.90 Å². The lowest BCUT2D eigenvalue weighted by atomic mass is 9.89. The number of rotatable bonds is 4. The number of hydrogen-bond acceptors (Lipinski definition) is 1. The fourth-order valence-corrected chi connectivity index (χ4v) is 3.22. The monoisotopic (exact) mass is 235 g/mol. The van der Waals surface area contributed by atoms with Gasteiger partial charge in [0.1, 0.15) is 0 Å². The zero-order valence-corrected chi connectivity index (χ0v) is 11.4. The van der Waals surface area contributed by atoms with Crippen LogP contribution in [0.5, 0.6) is 0 Å². The number of amides is 1. The predicted molar refractivity (Wildman–Crippen MR) is 70.6 cm³/mol. The van der Waals surface area contributed by atoms with Crippen molar-refractivity contribution in [2.75, 3.05) is 6.54 Å². The number of hydrogen-bond donors (Lipinski definition) is 0. The molecule has 1 amide bonds. The SMILES string of the molecule is CC(=O)N(C[C@H]1CC1C1CC=CCC1)C(C)C. The molecule has 0 aromatic heterocycles. The van der Waals surface area contributed by atoms with Crippen molar-refractivity contribution in [2.24, 2.45) is 17.8 Å². The molecule has 0 bridgehead atoms. The molecule has 0 spiro atoms. The molecule has 0 heterocycles. The van der Waals surface area contributed by atoms with Gasteiger partial charge in [-0.1, -0.05) is 12.2 Å². The van der Waals surface area contributed by atoms with E-state index < -0.39 is 0 Å². The molecule has 0 radical (unpaired) electrons. The maximum absolute atomic E-state index is 11.5. The normalized spacial score (nSPS) is 31.6. The van der Waals surface area contributed by atoms with Gasteiger partial charge >= 0.3 is 0 Å². The second kappa shape index (κ2) is 5.24. The Hall–Kier alpha value is -0.790. The third-order valence-corrected chi connectivity index (χ3v) is 4.35. The van der Waals surface area contributed by atoms with Crippen LogP contribution in [0.1, 0.15) is 46.5 Å². The smallest absolute Gasteiger partial charge is 0.219 e. The van der Waals surface area contributed by atoms with Gasteiger partial charge in [-0.2, -0.15) is 0 Å². The van der Waals surface area contributed by atoms with Crippen molar-refractivity contribution in [2.45, 2.75) is 52.5 Å². The van der Waals surface area contributed by atoms with Crippen LogP contribution in [0.15, 0.2) is 12.2 Å². The standard InChI is InChI=1S/C15H25NO/c1-11(2)16(12(3)17)10-14-9-15(14)13-7-5-4-6-8-13/h4-5,11,13-15H,6-10H2,1-3H3/t13?,14-,15?/m1/s1. The molecule has 0 aliphatic heterocycles. The van der Waals surface area contributed by atoms with Gasteiger partial charge in [-0.25, -0.2) is 0 Å². The Balaban J connectivity index is 1.82. The van der Waals surface area contributed by atoms with Crippen LogP contribution in [0.3, 0.4) is 0 Å². The van der Waals surface area contributed by atoms with Crippen LogP contribution >= 0.6 is 0 Å². The van der Waals surface area contributed by atoms with Crippen LogP contribution in [-0.4, -0.2) is 23.4 Å². The quantitative estimate of drug-likeness (QED) is 0.685. The molecular weight excluding hydrogens is 210 g/mol. The first-order chi connectivity index (χ1) is 8.09. The molecule has 2 heteroatoms. The van der Waals surface area contributed by atoms with E-state index in [1.807, 2.05) is 4.90 Å². The van der Waals surface area contributed by atoms with Crippen molar-refractivity contribution in [1.82, 2.24) is 4.90 Å². The molecule has 96 valence electrons. The molecule has 17 heavy (non-hydrogen) atoms. The average Bonchev–Trinajstić information content (AvgIpc) is 3.05. The minimum Gasteiger partial charge on any atom is -0.340 e. The second-order valence-corrected chi connectivity index (χ2v) is 5.97. The summed E-state index contributed by atoms with van der Waals surface area (Å²) in [5.41, 5.74) is 0. The van der Waals surface area contributed by atoms with Crippen LogP contribution in [0.25, 0.3) is 0 Å². The molecule has 0 aromatic carbocycles. The average molecular weight is 235 g/mol. The summed E-state index contributed by atoms with van der Waals surface area (Å²) in [6.07, 6.45) is 9.88. The van der Waals surface area contributed by atoms with E-state index in [9.17, 15) is 4.79 Å². The van der Waals surface area contributed by atoms with E-state index >= 15 is 0 Å². The Bertz CT molecular complexity index is 308. The molecular formula is C15H25NO. The first kappa shape index (κ1) is 12.7. The first-order valence-electron chi connectivity index (χ1n) is 7.01. The van der Waals surface area contributed by atoms with Gasteiger partial charge in [-0.15, -0.1) is 0 Å². The highest BCUT2D eigenvalue weighted by molar-refractivity contribution is 5.73. The van der Waals surface area contributed by atoms with E-state index in [0.29, 0.717) is 6.04 Å². The molecule has 2 rings (SSSR count). The minimum atomic E-state index is 0.231. The van der Waals surface area contributed by atoms with Crippen LogP contribution in [0.4, 0.5) is 0 Å². The van der Waals surface area contributed by atoms with Gasteiger partial charge in [0.2, 0.25) is 5.91 Å². The molecule has 0 saturated heterocycles. The van der Waals surface area contributed by atoms with Crippen LogP contribution < -0.4 is 0 Å². The second-order valence-electron chi connectivity index (χ2n) is 5.97. The Morgan fingerprint density at radius 2 is 2.18 bits per heavy atom. The Morgan fingerprint density at radius 1 is 1.41 bits per heavy atom. The van der Waals surface area contributed by atoms with Crippen LogP contribution in [-0.2, 0) is 4.79 Å². The Morgan fingerprint density at radius 3 is 2.71 bits per heavy atom. The molecule has 2 aliphatic carbocycles. The van der Waals surface area contributed by atoms with Crippen LogP contribution in [0.2, 0.25) is 0 Å². The van der Waals surface area contributed by atoms with Crippen LogP contribution in [0, 0.1) is 17.8 Å². The lowest BCUT2D eigenvalue weighted by Crippen LogP contribution is -2.37. The largest absolute Gasteiger partial charge is 0.340 e. The van der Waals surface area contributed by atoms with Gasteiger partial charge in [-0.3, -0.25) is 4.79 Å². The van der Waals surface area contributed by atoms with Gasteiger partial charge in [0.15, 0.2) is 0 Å². The van der Waals surface area contributed by atoms with Gasteiger partial charge in [0.25, 0.3) is 0 Å². The van der Waals surface area contributed by atoms with Crippen molar-refractivity contribution in [3.05, 3.63) is 12.2 Å². The van der Waals surface area contributed by atoms with Crippen molar-refractivity contribution in [1.29, 1.82) is 0 Å². The van der Waals surface area contributed by atoms with E-state index in [1.54, 1.807) is 6.92 Å². The molecule has 1 fully saturated rings. The summed E-state index contributed by atoms with van der Waals surface area (Å²) < 4.78 is 0. The first-order valence-corrected chi connectivity index (χ1v) is 7.01. The fraction of sp³-hybridized carbons (Fsp3) is 0.800. The summed E-state index contributed by atoms with van der Waals surface area (Å²) in [4.78, 5) is 13.6. The summed E-state index contributed by atoms with van der Waals surface area (Å²) in [5.74, 6) is 2.79. The van der Waals surface area contributed by atoms with Crippen molar-refractivity contribution in [3.8, 4) is 0 Å². The molecule has 3 atom stereocenters. The highest BCUT2D eigenvalue weighted by Crippen LogP contribution is 2.48. The van der Waals surface area contributed by atoms with Gasteiger partial charge in [0, 0.05) is 19.5 Å². The Kier molecular flexibility index (Phi) is 3.90. The lowest BCUT2D eigenvalue weighted by molar-refractivity contribution is -0.130. The topological polar surface area (TPSA) is 20.3 Å². The molecule has 2 nitrogen and oxygen atoms in total. The fourth-order valence-electron chi connectivity index (χ4n) is 3.22. The third kappa shape index (κ3) is 3.11. The number of carbonyl (C=O) groups excluding carboxylic acids is 1. The van der Waals surface area contributed by atoms with E-state index in [1.165, 1.54) is 25.7 Å². The number of allylic oxidation sites excluding steroid dienone is 2. The zero-order chi connectivity index (χ0) is 12.4. The van der Waals surface area contributed by atoms with E-state index in [-0.39, 0.29) is 5.91 Å². The zero-order valence-electron chi connectivity index (χ0n) is 11.4. The molecule has 0 aromatic rings. The minimum absolute atomic E-state index is 0.231.